The molecule has 1 aromatic rings. The zero-order chi connectivity index (χ0) is 14.3. The summed E-state index contributed by atoms with van der Waals surface area (Å²) in [7, 11) is 0. The maximum atomic E-state index is 13.0. The molecule has 0 radical (unpaired) electrons. The molecule has 0 saturated heterocycles. The minimum atomic E-state index is -0.283. The van der Waals surface area contributed by atoms with E-state index < -0.39 is 0 Å². The topological polar surface area (TPSA) is 49.3 Å². The lowest BCUT2D eigenvalue weighted by Crippen LogP contribution is -2.41. The third-order valence-electron chi connectivity index (χ3n) is 2.96. The molecule has 3 nitrogen and oxygen atoms in total. The number of carbonyl (C=O) groups is 1. The van der Waals surface area contributed by atoms with Crippen LogP contribution in [0.1, 0.15) is 18.9 Å². The summed E-state index contributed by atoms with van der Waals surface area (Å²) in [5, 5.41) is 12.0. The molecule has 2 unspecified atom stereocenters. The molecule has 0 fully saturated rings. The number of hydrogen-bond donors (Lipinski definition) is 2. The Bertz CT molecular complexity index is 410. The first-order chi connectivity index (χ1) is 9.06. The number of aliphatic hydroxyl groups is 1. The zero-order valence-electron chi connectivity index (χ0n) is 11.2. The summed E-state index contributed by atoms with van der Waals surface area (Å²) in [4.78, 5) is 11.8. The van der Waals surface area contributed by atoms with Crippen LogP contribution < -0.4 is 5.32 Å². The molecule has 0 aliphatic heterocycles. The average Bonchev–Trinajstić information content (AvgIpc) is 2.38. The van der Waals surface area contributed by atoms with E-state index in [-0.39, 0.29) is 29.6 Å². The molecular weight excluding hydrogens is 265 g/mol. The number of aliphatic hydroxyl groups excluding tert-OH is 1. The van der Waals surface area contributed by atoms with Crippen molar-refractivity contribution in [2.75, 3.05) is 12.9 Å². The Balaban J connectivity index is 2.39. The van der Waals surface area contributed by atoms with Crippen LogP contribution in [0.4, 0.5) is 4.39 Å². The van der Waals surface area contributed by atoms with Gasteiger partial charge in [0.15, 0.2) is 0 Å². The Morgan fingerprint density at radius 3 is 2.84 bits per heavy atom. The highest BCUT2D eigenvalue weighted by Crippen LogP contribution is 2.11. The Morgan fingerprint density at radius 1 is 1.53 bits per heavy atom. The lowest BCUT2D eigenvalue weighted by molar-refractivity contribution is -0.121. The van der Waals surface area contributed by atoms with Crippen molar-refractivity contribution in [1.29, 1.82) is 0 Å². The van der Waals surface area contributed by atoms with Gasteiger partial charge >= 0.3 is 0 Å². The van der Waals surface area contributed by atoms with Crippen molar-refractivity contribution in [3.63, 3.8) is 0 Å². The van der Waals surface area contributed by atoms with Crippen LogP contribution in [0.15, 0.2) is 24.3 Å². The molecule has 1 amide bonds. The van der Waals surface area contributed by atoms with Gasteiger partial charge in [-0.2, -0.15) is 11.8 Å². The van der Waals surface area contributed by atoms with Gasteiger partial charge in [0.1, 0.15) is 5.82 Å². The first kappa shape index (κ1) is 16.0. The van der Waals surface area contributed by atoms with E-state index in [1.54, 1.807) is 12.1 Å². The van der Waals surface area contributed by atoms with Crippen molar-refractivity contribution in [2.24, 2.45) is 0 Å². The number of aryl methyl sites for hydroxylation is 1. The van der Waals surface area contributed by atoms with Gasteiger partial charge in [0, 0.05) is 17.7 Å². The average molecular weight is 285 g/mol. The van der Waals surface area contributed by atoms with E-state index in [2.05, 4.69) is 5.32 Å². The first-order valence-electron chi connectivity index (χ1n) is 6.24. The summed E-state index contributed by atoms with van der Waals surface area (Å²) in [6.07, 6.45) is 2.73. The van der Waals surface area contributed by atoms with Crippen LogP contribution in [0.5, 0.6) is 0 Å². The molecule has 0 aliphatic carbocycles. The molecule has 1 rings (SSSR count). The van der Waals surface area contributed by atoms with E-state index >= 15 is 0 Å². The van der Waals surface area contributed by atoms with E-state index in [1.165, 1.54) is 23.9 Å². The van der Waals surface area contributed by atoms with Gasteiger partial charge < -0.3 is 10.4 Å². The largest absolute Gasteiger partial charge is 0.395 e. The minimum Gasteiger partial charge on any atom is -0.395 e. The fraction of sp³-hybridized carbons (Fsp3) is 0.500. The van der Waals surface area contributed by atoms with Crippen LogP contribution in [0.2, 0.25) is 0 Å². The normalized spacial score (nSPS) is 13.9. The third-order valence-corrected chi connectivity index (χ3v) is 4.12. The summed E-state index contributed by atoms with van der Waals surface area (Å²) < 4.78 is 13.0. The molecule has 0 spiro atoms. The predicted molar refractivity (Wildman–Crippen MR) is 76.7 cm³/mol. The molecule has 2 N–H and O–H groups in total. The van der Waals surface area contributed by atoms with Gasteiger partial charge in [-0.05, 0) is 37.3 Å². The van der Waals surface area contributed by atoms with Crippen molar-refractivity contribution >= 4 is 17.7 Å². The smallest absolute Gasteiger partial charge is 0.220 e. The van der Waals surface area contributed by atoms with E-state index in [0.29, 0.717) is 12.8 Å². The lowest BCUT2D eigenvalue weighted by atomic mass is 10.1. The lowest BCUT2D eigenvalue weighted by Gasteiger charge is -2.21. The minimum absolute atomic E-state index is 0.00174. The second-order valence-electron chi connectivity index (χ2n) is 4.44. The molecule has 5 heteroatoms. The van der Waals surface area contributed by atoms with Gasteiger partial charge in [-0.1, -0.05) is 12.1 Å². The number of halogens is 1. The fourth-order valence-corrected chi connectivity index (χ4v) is 2.43. The number of amides is 1. The van der Waals surface area contributed by atoms with Crippen molar-refractivity contribution in [1.82, 2.24) is 5.32 Å². The Labute approximate surface area is 117 Å². The second-order valence-corrected chi connectivity index (χ2v) is 5.52. The number of benzene rings is 1. The Hall–Kier alpha value is -1.07. The summed E-state index contributed by atoms with van der Waals surface area (Å²) >= 11 is 1.52. The highest BCUT2D eigenvalue weighted by molar-refractivity contribution is 7.99. The summed E-state index contributed by atoms with van der Waals surface area (Å²) in [5.74, 6) is -0.363. The van der Waals surface area contributed by atoms with Gasteiger partial charge in [-0.25, -0.2) is 4.39 Å². The number of thioether (sulfide) groups is 1. The van der Waals surface area contributed by atoms with Crippen LogP contribution in [-0.2, 0) is 11.2 Å². The van der Waals surface area contributed by atoms with Crippen molar-refractivity contribution in [3.8, 4) is 0 Å². The number of nitrogens with one attached hydrogen (secondary N) is 1. The quantitative estimate of drug-likeness (QED) is 0.805. The monoisotopic (exact) mass is 285 g/mol. The predicted octanol–water partition coefficient (Wildman–Crippen LogP) is 1.99. The molecular formula is C14H20FNO2S. The van der Waals surface area contributed by atoms with Gasteiger partial charge in [-0.15, -0.1) is 0 Å². The Morgan fingerprint density at radius 2 is 2.26 bits per heavy atom. The van der Waals surface area contributed by atoms with Crippen LogP contribution in [0.25, 0.3) is 0 Å². The maximum absolute atomic E-state index is 13.0. The molecule has 19 heavy (non-hydrogen) atoms. The van der Waals surface area contributed by atoms with E-state index in [0.717, 1.165) is 5.56 Å². The maximum Gasteiger partial charge on any atom is 0.220 e. The van der Waals surface area contributed by atoms with Crippen LogP contribution in [-0.4, -0.2) is 35.2 Å². The molecule has 0 saturated carbocycles. The van der Waals surface area contributed by atoms with Gasteiger partial charge in [0.05, 0.1) is 6.61 Å². The molecule has 0 aromatic heterocycles. The SMILES string of the molecule is CSC(CO)C(C)NC(=O)CCc1cccc(F)c1. The Kier molecular flexibility index (Phi) is 6.87. The van der Waals surface area contributed by atoms with Crippen LogP contribution >= 0.6 is 11.8 Å². The van der Waals surface area contributed by atoms with E-state index in [1.807, 2.05) is 13.2 Å². The van der Waals surface area contributed by atoms with Crippen molar-refractivity contribution < 1.29 is 14.3 Å². The highest BCUT2D eigenvalue weighted by atomic mass is 32.2. The number of hydrogen-bond acceptors (Lipinski definition) is 3. The standard InChI is InChI=1S/C14H20FNO2S/c1-10(13(9-17)19-2)16-14(18)7-6-11-4-3-5-12(15)8-11/h3-5,8,10,13,17H,6-7,9H2,1-2H3,(H,16,18). The molecule has 1 aromatic carbocycles. The van der Waals surface area contributed by atoms with Crippen molar-refractivity contribution in [2.45, 2.75) is 31.1 Å². The van der Waals surface area contributed by atoms with Crippen LogP contribution in [0, 0.1) is 5.82 Å². The second kappa shape index (κ2) is 8.17. The van der Waals surface area contributed by atoms with Gasteiger partial charge in [0.2, 0.25) is 5.91 Å². The fourth-order valence-electron chi connectivity index (χ4n) is 1.81. The van der Waals surface area contributed by atoms with Gasteiger partial charge in [0.25, 0.3) is 0 Å². The highest BCUT2D eigenvalue weighted by Gasteiger charge is 2.17. The van der Waals surface area contributed by atoms with E-state index in [4.69, 9.17) is 5.11 Å². The summed E-state index contributed by atoms with van der Waals surface area (Å²) in [6, 6.07) is 6.18. The number of carbonyl (C=O) groups excluding carboxylic acids is 1. The van der Waals surface area contributed by atoms with Crippen LogP contribution in [0.3, 0.4) is 0 Å². The molecule has 106 valence electrons. The zero-order valence-corrected chi connectivity index (χ0v) is 12.0. The van der Waals surface area contributed by atoms with Crippen molar-refractivity contribution in [3.05, 3.63) is 35.6 Å². The van der Waals surface area contributed by atoms with Gasteiger partial charge in [-0.3, -0.25) is 4.79 Å². The molecule has 2 atom stereocenters. The molecule has 0 bridgehead atoms. The third kappa shape index (κ3) is 5.61. The summed E-state index contributed by atoms with van der Waals surface area (Å²) in [5.41, 5.74) is 0.811. The first-order valence-corrected chi connectivity index (χ1v) is 7.53. The summed E-state index contributed by atoms with van der Waals surface area (Å²) in [6.45, 7) is 1.91. The van der Waals surface area contributed by atoms with E-state index in [9.17, 15) is 9.18 Å². The molecule has 0 aliphatic rings. The number of rotatable bonds is 7. The molecule has 0 heterocycles.